The number of halogens is 2. The van der Waals surface area contributed by atoms with Crippen LogP contribution in [0, 0.1) is 0 Å². The summed E-state index contributed by atoms with van der Waals surface area (Å²) < 4.78 is 0. The second-order valence-electron chi connectivity index (χ2n) is 4.35. The number of rotatable bonds is 6. The van der Waals surface area contributed by atoms with E-state index in [0.717, 1.165) is 19.6 Å². The van der Waals surface area contributed by atoms with Crippen LogP contribution in [0.4, 0.5) is 0 Å². The normalized spacial score (nSPS) is 10.4. The van der Waals surface area contributed by atoms with E-state index in [4.69, 9.17) is 11.6 Å². The first-order chi connectivity index (χ1) is 8.85. The molecule has 0 saturated heterocycles. The van der Waals surface area contributed by atoms with E-state index in [1.165, 1.54) is 16.3 Å². The van der Waals surface area contributed by atoms with Crippen LogP contribution < -0.4 is 0 Å². The van der Waals surface area contributed by atoms with Crippen LogP contribution in [-0.4, -0.2) is 23.9 Å². The molecule has 0 N–H and O–H groups in total. The van der Waals surface area contributed by atoms with E-state index in [1.54, 1.807) is 0 Å². The molecule has 0 unspecified atom stereocenters. The van der Waals surface area contributed by atoms with Crippen molar-refractivity contribution in [3.63, 3.8) is 0 Å². The molecule has 3 heteroatoms. The molecule has 2 aromatic carbocycles. The van der Waals surface area contributed by atoms with Crippen molar-refractivity contribution in [1.29, 1.82) is 0 Å². The highest BCUT2D eigenvalue weighted by atomic mass is 35.5. The van der Waals surface area contributed by atoms with Crippen LogP contribution in [0.15, 0.2) is 55.1 Å². The Labute approximate surface area is 126 Å². The zero-order valence-electron chi connectivity index (χ0n) is 10.9. The van der Waals surface area contributed by atoms with E-state index in [9.17, 15) is 0 Å². The third kappa shape index (κ3) is 4.24. The van der Waals surface area contributed by atoms with E-state index in [1.807, 2.05) is 6.08 Å². The third-order valence-electron chi connectivity index (χ3n) is 3.06. The third-order valence-corrected chi connectivity index (χ3v) is 3.23. The lowest BCUT2D eigenvalue weighted by atomic mass is 10.0. The minimum absolute atomic E-state index is 0. The number of nitrogens with zero attached hydrogens (tertiary/aromatic N) is 1. The van der Waals surface area contributed by atoms with E-state index >= 15 is 0 Å². The lowest BCUT2D eigenvalue weighted by Crippen LogP contribution is -2.25. The van der Waals surface area contributed by atoms with Crippen LogP contribution in [-0.2, 0) is 6.54 Å². The van der Waals surface area contributed by atoms with Crippen LogP contribution in [0.5, 0.6) is 0 Å². The molecular formula is C16H19Cl2N. The Morgan fingerprint density at radius 3 is 2.58 bits per heavy atom. The second-order valence-corrected chi connectivity index (χ2v) is 4.73. The SMILES string of the molecule is C=CCN(CCCl)Cc1cccc2ccccc12.Cl. The molecule has 0 spiro atoms. The summed E-state index contributed by atoms with van der Waals surface area (Å²) in [5, 5.41) is 2.61. The summed E-state index contributed by atoms with van der Waals surface area (Å²) in [5.74, 6) is 0.651. The van der Waals surface area contributed by atoms with E-state index in [-0.39, 0.29) is 12.4 Å². The molecule has 1 nitrogen and oxygen atoms in total. The van der Waals surface area contributed by atoms with Gasteiger partial charge in [0.2, 0.25) is 0 Å². The minimum atomic E-state index is 0. The predicted molar refractivity (Wildman–Crippen MR) is 87.4 cm³/mol. The first-order valence-corrected chi connectivity index (χ1v) is 6.74. The van der Waals surface area contributed by atoms with Gasteiger partial charge in [-0.15, -0.1) is 30.6 Å². The summed E-state index contributed by atoms with van der Waals surface area (Å²) in [5.41, 5.74) is 1.35. The quantitative estimate of drug-likeness (QED) is 0.561. The number of alkyl halides is 1. The molecule has 0 fully saturated rings. The molecule has 0 radical (unpaired) electrons. The van der Waals surface area contributed by atoms with Gasteiger partial charge in [-0.1, -0.05) is 48.5 Å². The maximum Gasteiger partial charge on any atom is 0.0351 e. The van der Waals surface area contributed by atoms with Crippen LogP contribution in [0.3, 0.4) is 0 Å². The van der Waals surface area contributed by atoms with Crippen molar-refractivity contribution in [2.24, 2.45) is 0 Å². The van der Waals surface area contributed by atoms with Crippen molar-refractivity contribution in [3.8, 4) is 0 Å². The fourth-order valence-corrected chi connectivity index (χ4v) is 2.45. The maximum absolute atomic E-state index is 5.84. The van der Waals surface area contributed by atoms with E-state index in [2.05, 4.69) is 53.9 Å². The van der Waals surface area contributed by atoms with Gasteiger partial charge in [0.05, 0.1) is 0 Å². The van der Waals surface area contributed by atoms with Crippen molar-refractivity contribution in [2.75, 3.05) is 19.0 Å². The minimum Gasteiger partial charge on any atom is -0.294 e. The van der Waals surface area contributed by atoms with Gasteiger partial charge < -0.3 is 0 Å². The Morgan fingerprint density at radius 2 is 1.84 bits per heavy atom. The highest BCUT2D eigenvalue weighted by Gasteiger charge is 2.06. The summed E-state index contributed by atoms with van der Waals surface area (Å²) >= 11 is 5.84. The largest absolute Gasteiger partial charge is 0.294 e. The monoisotopic (exact) mass is 295 g/mol. The average Bonchev–Trinajstić information content (AvgIpc) is 2.40. The van der Waals surface area contributed by atoms with Gasteiger partial charge in [-0.05, 0) is 16.3 Å². The molecule has 0 aliphatic heterocycles. The first kappa shape index (κ1) is 16.0. The zero-order chi connectivity index (χ0) is 12.8. The second kappa shape index (κ2) is 8.21. The zero-order valence-corrected chi connectivity index (χ0v) is 12.5. The smallest absolute Gasteiger partial charge is 0.0351 e. The number of benzene rings is 2. The molecule has 2 rings (SSSR count). The first-order valence-electron chi connectivity index (χ1n) is 6.21. The summed E-state index contributed by atoms with van der Waals surface area (Å²) in [6.45, 7) is 6.48. The summed E-state index contributed by atoms with van der Waals surface area (Å²) in [7, 11) is 0. The van der Waals surface area contributed by atoms with E-state index in [0.29, 0.717) is 5.88 Å². The molecule has 0 aromatic heterocycles. The van der Waals surface area contributed by atoms with Gasteiger partial charge in [-0.25, -0.2) is 0 Å². The Bertz CT molecular complexity index is 520. The highest BCUT2D eigenvalue weighted by molar-refractivity contribution is 6.18. The summed E-state index contributed by atoms with van der Waals surface area (Å²) in [4.78, 5) is 2.31. The van der Waals surface area contributed by atoms with Gasteiger partial charge in [-0.2, -0.15) is 0 Å². The predicted octanol–water partition coefficient (Wildman–Crippen LogP) is 4.49. The van der Waals surface area contributed by atoms with Crippen molar-refractivity contribution in [2.45, 2.75) is 6.54 Å². The van der Waals surface area contributed by atoms with Crippen LogP contribution in [0.25, 0.3) is 10.8 Å². The Kier molecular flexibility index (Phi) is 6.93. The van der Waals surface area contributed by atoms with Crippen LogP contribution in [0.2, 0.25) is 0 Å². The fraction of sp³-hybridized carbons (Fsp3) is 0.250. The van der Waals surface area contributed by atoms with Gasteiger partial charge in [0.15, 0.2) is 0 Å². The number of hydrogen-bond donors (Lipinski definition) is 0. The number of fused-ring (bicyclic) bond motifs is 1. The molecule has 19 heavy (non-hydrogen) atoms. The Balaban J connectivity index is 0.00000180. The van der Waals surface area contributed by atoms with Crippen LogP contribution in [0.1, 0.15) is 5.56 Å². The molecule has 0 atom stereocenters. The molecule has 102 valence electrons. The Morgan fingerprint density at radius 1 is 1.11 bits per heavy atom. The highest BCUT2D eigenvalue weighted by Crippen LogP contribution is 2.19. The van der Waals surface area contributed by atoms with Crippen molar-refractivity contribution >= 4 is 34.8 Å². The fourth-order valence-electron chi connectivity index (χ4n) is 2.21. The Hall–Kier alpha value is -1.02. The molecule has 2 aromatic rings. The molecule has 0 heterocycles. The van der Waals surface area contributed by atoms with Gasteiger partial charge in [0.25, 0.3) is 0 Å². The lowest BCUT2D eigenvalue weighted by molar-refractivity contribution is 0.314. The molecule has 0 aliphatic carbocycles. The topological polar surface area (TPSA) is 3.24 Å². The lowest BCUT2D eigenvalue weighted by Gasteiger charge is -2.20. The standard InChI is InChI=1S/C16H18ClN.ClH/c1-2-11-18(12-10-17)13-15-8-5-7-14-6-3-4-9-16(14)15;/h2-9H,1,10-13H2;1H. The summed E-state index contributed by atoms with van der Waals surface area (Å²) in [6.07, 6.45) is 1.93. The number of hydrogen-bond acceptors (Lipinski definition) is 1. The van der Waals surface area contributed by atoms with Crippen LogP contribution >= 0.6 is 24.0 Å². The molecule has 0 aliphatic rings. The van der Waals surface area contributed by atoms with Crippen molar-refractivity contribution < 1.29 is 0 Å². The van der Waals surface area contributed by atoms with Gasteiger partial charge >= 0.3 is 0 Å². The maximum atomic E-state index is 5.84. The molecular weight excluding hydrogens is 277 g/mol. The van der Waals surface area contributed by atoms with E-state index < -0.39 is 0 Å². The van der Waals surface area contributed by atoms with Gasteiger partial charge in [-0.3, -0.25) is 4.90 Å². The summed E-state index contributed by atoms with van der Waals surface area (Å²) in [6, 6.07) is 14.9. The molecule has 0 bridgehead atoms. The van der Waals surface area contributed by atoms with Gasteiger partial charge in [0.1, 0.15) is 0 Å². The average molecular weight is 296 g/mol. The molecule has 0 amide bonds. The van der Waals surface area contributed by atoms with Crippen molar-refractivity contribution in [3.05, 3.63) is 60.7 Å². The van der Waals surface area contributed by atoms with Crippen molar-refractivity contribution in [1.82, 2.24) is 4.90 Å². The van der Waals surface area contributed by atoms with Gasteiger partial charge in [0, 0.05) is 25.5 Å². The molecule has 0 saturated carbocycles.